The number of amides is 1. The van der Waals surface area contributed by atoms with Crippen molar-refractivity contribution in [2.75, 3.05) is 17.7 Å². The van der Waals surface area contributed by atoms with Gasteiger partial charge in [-0.2, -0.15) is 0 Å². The number of hydrogen-bond acceptors (Lipinski definition) is 3. The molecule has 1 aromatic rings. The van der Waals surface area contributed by atoms with Crippen LogP contribution in [0, 0.1) is 5.82 Å². The Morgan fingerprint density at radius 1 is 1.47 bits per heavy atom. The van der Waals surface area contributed by atoms with Crippen LogP contribution in [0.3, 0.4) is 0 Å². The van der Waals surface area contributed by atoms with Crippen molar-refractivity contribution in [1.29, 1.82) is 0 Å². The molecule has 106 valence electrons. The molecule has 1 atom stereocenters. The number of ether oxygens (including phenoxy) is 1. The van der Waals surface area contributed by atoms with Gasteiger partial charge in [0.05, 0.1) is 5.69 Å². The number of nitrogen functional groups attached to an aromatic ring is 1. The molecular weight excluding hydrogens is 247 g/mol. The summed E-state index contributed by atoms with van der Waals surface area (Å²) in [4.78, 5) is 11.8. The van der Waals surface area contributed by atoms with Gasteiger partial charge < -0.3 is 15.8 Å². The Morgan fingerprint density at radius 2 is 2.21 bits per heavy atom. The van der Waals surface area contributed by atoms with Crippen LogP contribution in [0.25, 0.3) is 0 Å². The summed E-state index contributed by atoms with van der Waals surface area (Å²) in [6, 6.07) is 4.05. The number of nitrogens with two attached hydrogens (primary N) is 1. The molecule has 0 heterocycles. The molecule has 0 fully saturated rings. The van der Waals surface area contributed by atoms with Crippen LogP contribution in [0.5, 0.6) is 0 Å². The molecule has 0 aliphatic carbocycles. The molecule has 0 aliphatic heterocycles. The maximum absolute atomic E-state index is 13.4. The number of hydrogen-bond donors (Lipinski definition) is 2. The molecule has 1 unspecified atom stereocenters. The maximum Gasteiger partial charge on any atom is 0.253 e. The van der Waals surface area contributed by atoms with Crippen LogP contribution in [-0.2, 0) is 9.53 Å². The van der Waals surface area contributed by atoms with E-state index < -0.39 is 11.9 Å². The summed E-state index contributed by atoms with van der Waals surface area (Å²) in [6.45, 7) is 4.27. The molecular formula is C14H21FN2O2. The number of benzene rings is 1. The van der Waals surface area contributed by atoms with E-state index in [0.717, 1.165) is 19.3 Å². The number of unbranched alkanes of at least 4 members (excludes halogenated alkanes) is 2. The zero-order chi connectivity index (χ0) is 14.3. The second-order valence-electron chi connectivity index (χ2n) is 4.45. The normalized spacial score (nSPS) is 12.2. The molecule has 0 radical (unpaired) electrons. The van der Waals surface area contributed by atoms with E-state index in [1.54, 1.807) is 6.92 Å². The summed E-state index contributed by atoms with van der Waals surface area (Å²) in [7, 11) is 0. The fraction of sp³-hybridized carbons (Fsp3) is 0.500. The van der Waals surface area contributed by atoms with Gasteiger partial charge in [-0.15, -0.1) is 0 Å². The van der Waals surface area contributed by atoms with Crippen molar-refractivity contribution >= 4 is 17.3 Å². The molecule has 19 heavy (non-hydrogen) atoms. The Hall–Kier alpha value is -1.62. The fourth-order valence-electron chi connectivity index (χ4n) is 1.56. The molecule has 5 heteroatoms. The average molecular weight is 268 g/mol. The van der Waals surface area contributed by atoms with E-state index in [1.807, 2.05) is 0 Å². The van der Waals surface area contributed by atoms with Crippen molar-refractivity contribution < 1.29 is 13.9 Å². The van der Waals surface area contributed by atoms with E-state index in [9.17, 15) is 9.18 Å². The van der Waals surface area contributed by atoms with Crippen molar-refractivity contribution in [2.45, 2.75) is 39.2 Å². The highest BCUT2D eigenvalue weighted by Gasteiger charge is 2.15. The zero-order valence-corrected chi connectivity index (χ0v) is 11.4. The average Bonchev–Trinajstić information content (AvgIpc) is 2.38. The number of nitrogens with one attached hydrogen (secondary N) is 1. The first-order chi connectivity index (χ1) is 9.04. The van der Waals surface area contributed by atoms with Crippen molar-refractivity contribution in [2.24, 2.45) is 0 Å². The number of halogens is 1. The molecule has 0 saturated heterocycles. The molecule has 0 aromatic heterocycles. The Labute approximate surface area is 113 Å². The van der Waals surface area contributed by atoms with Crippen molar-refractivity contribution in [3.63, 3.8) is 0 Å². The highest BCUT2D eigenvalue weighted by atomic mass is 19.1. The van der Waals surface area contributed by atoms with Crippen LogP contribution in [0.4, 0.5) is 15.8 Å². The third-order valence-electron chi connectivity index (χ3n) is 2.73. The smallest absolute Gasteiger partial charge is 0.253 e. The maximum atomic E-state index is 13.4. The quantitative estimate of drug-likeness (QED) is 0.590. The van der Waals surface area contributed by atoms with E-state index in [-0.39, 0.29) is 11.6 Å². The SMILES string of the molecule is CCCCCOC(C)C(=O)Nc1cc(N)ccc1F. The lowest BCUT2D eigenvalue weighted by molar-refractivity contribution is -0.126. The molecule has 3 N–H and O–H groups in total. The van der Waals surface area contributed by atoms with Gasteiger partial charge in [0.25, 0.3) is 5.91 Å². The highest BCUT2D eigenvalue weighted by Crippen LogP contribution is 2.17. The summed E-state index contributed by atoms with van der Waals surface area (Å²) >= 11 is 0. The summed E-state index contributed by atoms with van der Waals surface area (Å²) in [5.74, 6) is -0.887. The minimum Gasteiger partial charge on any atom is -0.399 e. The standard InChI is InChI=1S/C14H21FN2O2/c1-3-4-5-8-19-10(2)14(18)17-13-9-11(16)6-7-12(13)15/h6-7,9-10H,3-5,8,16H2,1-2H3,(H,17,18). The number of rotatable bonds is 7. The molecule has 0 spiro atoms. The second-order valence-corrected chi connectivity index (χ2v) is 4.45. The summed E-state index contributed by atoms with van der Waals surface area (Å²) < 4.78 is 18.8. The van der Waals surface area contributed by atoms with Crippen LogP contribution in [-0.4, -0.2) is 18.6 Å². The second kappa shape index (κ2) is 7.74. The Balaban J connectivity index is 2.47. The predicted octanol–water partition coefficient (Wildman–Crippen LogP) is 2.94. The first kappa shape index (κ1) is 15.4. The van der Waals surface area contributed by atoms with Crippen LogP contribution in [0.15, 0.2) is 18.2 Å². The van der Waals surface area contributed by atoms with E-state index in [4.69, 9.17) is 10.5 Å². The lowest BCUT2D eigenvalue weighted by Gasteiger charge is -2.14. The van der Waals surface area contributed by atoms with Crippen LogP contribution < -0.4 is 11.1 Å². The van der Waals surface area contributed by atoms with E-state index in [1.165, 1.54) is 18.2 Å². The van der Waals surface area contributed by atoms with Gasteiger partial charge in [-0.3, -0.25) is 4.79 Å². The minimum absolute atomic E-state index is 0.0778. The van der Waals surface area contributed by atoms with Gasteiger partial charge in [0.1, 0.15) is 11.9 Å². The largest absolute Gasteiger partial charge is 0.399 e. The third-order valence-corrected chi connectivity index (χ3v) is 2.73. The third kappa shape index (κ3) is 5.26. The Kier molecular flexibility index (Phi) is 6.29. The van der Waals surface area contributed by atoms with Gasteiger partial charge in [-0.1, -0.05) is 19.8 Å². The van der Waals surface area contributed by atoms with Gasteiger partial charge in [0.15, 0.2) is 0 Å². The lowest BCUT2D eigenvalue weighted by Crippen LogP contribution is -2.28. The van der Waals surface area contributed by atoms with E-state index in [2.05, 4.69) is 12.2 Å². The van der Waals surface area contributed by atoms with Gasteiger partial charge in [0.2, 0.25) is 0 Å². The van der Waals surface area contributed by atoms with E-state index >= 15 is 0 Å². The number of carbonyl (C=O) groups excluding carboxylic acids is 1. The molecule has 1 aromatic carbocycles. The van der Waals surface area contributed by atoms with Crippen molar-refractivity contribution in [1.82, 2.24) is 0 Å². The van der Waals surface area contributed by atoms with Gasteiger partial charge >= 0.3 is 0 Å². The summed E-state index contributed by atoms with van der Waals surface area (Å²) in [5, 5.41) is 2.47. The number of anilines is 2. The molecule has 0 bridgehead atoms. The van der Waals surface area contributed by atoms with Gasteiger partial charge in [-0.05, 0) is 31.5 Å². The molecule has 1 amide bonds. The molecule has 0 saturated carbocycles. The van der Waals surface area contributed by atoms with Crippen LogP contribution >= 0.6 is 0 Å². The van der Waals surface area contributed by atoms with Gasteiger partial charge in [-0.25, -0.2) is 4.39 Å². The Bertz CT molecular complexity index is 424. The minimum atomic E-state index is -0.613. The molecule has 4 nitrogen and oxygen atoms in total. The molecule has 0 aliphatic rings. The van der Waals surface area contributed by atoms with E-state index in [0.29, 0.717) is 12.3 Å². The summed E-state index contributed by atoms with van der Waals surface area (Å²) in [6.07, 6.45) is 2.47. The lowest BCUT2D eigenvalue weighted by atomic mass is 10.2. The van der Waals surface area contributed by atoms with Gasteiger partial charge in [0, 0.05) is 12.3 Å². The monoisotopic (exact) mass is 268 g/mol. The zero-order valence-electron chi connectivity index (χ0n) is 11.4. The van der Waals surface area contributed by atoms with Crippen molar-refractivity contribution in [3.05, 3.63) is 24.0 Å². The fourth-order valence-corrected chi connectivity index (χ4v) is 1.56. The Morgan fingerprint density at radius 3 is 2.89 bits per heavy atom. The van der Waals surface area contributed by atoms with Crippen LogP contribution in [0.2, 0.25) is 0 Å². The van der Waals surface area contributed by atoms with Crippen molar-refractivity contribution in [3.8, 4) is 0 Å². The molecule has 1 rings (SSSR count). The summed E-state index contributed by atoms with van der Waals surface area (Å²) in [5.41, 5.74) is 6.02. The topological polar surface area (TPSA) is 64.3 Å². The first-order valence-corrected chi connectivity index (χ1v) is 6.52. The first-order valence-electron chi connectivity index (χ1n) is 6.52. The number of carbonyl (C=O) groups is 1. The predicted molar refractivity (Wildman–Crippen MR) is 74.4 cm³/mol. The highest BCUT2D eigenvalue weighted by molar-refractivity contribution is 5.94. The van der Waals surface area contributed by atoms with Crippen LogP contribution in [0.1, 0.15) is 33.1 Å².